The molecule has 0 spiro atoms. The minimum absolute atomic E-state index is 0.400. The molecule has 0 fully saturated rings. The number of pyridine rings is 1. The molecule has 22 heavy (non-hydrogen) atoms. The fourth-order valence-corrected chi connectivity index (χ4v) is 2.23. The number of hydrogen-bond acceptors (Lipinski definition) is 3. The number of halogens is 4. The Bertz CT molecular complexity index is 804. The summed E-state index contributed by atoms with van der Waals surface area (Å²) in [6.07, 6.45) is -7.77. The number of aromatic nitrogens is 1. The Labute approximate surface area is 127 Å². The predicted octanol–water partition coefficient (Wildman–Crippen LogP) is 4.47. The van der Waals surface area contributed by atoms with Crippen molar-refractivity contribution in [3.8, 4) is 17.2 Å². The molecule has 0 saturated carbocycles. The number of rotatable bonds is 1. The van der Waals surface area contributed by atoms with Gasteiger partial charge in [-0.3, -0.25) is 0 Å². The van der Waals surface area contributed by atoms with Gasteiger partial charge in [-0.25, -0.2) is 0 Å². The summed E-state index contributed by atoms with van der Waals surface area (Å²) in [7, 11) is 0. The van der Waals surface area contributed by atoms with Crippen molar-refractivity contribution in [2.24, 2.45) is 0 Å². The molecule has 1 aliphatic rings. The zero-order valence-electron chi connectivity index (χ0n) is 11.1. The summed E-state index contributed by atoms with van der Waals surface area (Å²) >= 11 is 5.15. The lowest BCUT2D eigenvalue weighted by Crippen LogP contribution is -2.52. The number of aryl methyl sites for hydroxylation is 1. The highest BCUT2D eigenvalue weighted by molar-refractivity contribution is 7.71. The summed E-state index contributed by atoms with van der Waals surface area (Å²) in [5.41, 5.74) is 1.29. The van der Waals surface area contributed by atoms with Gasteiger partial charge in [-0.15, -0.1) is 0 Å². The second-order valence-corrected chi connectivity index (χ2v) is 5.20. The maximum Gasteiger partial charge on any atom is 0.507 e. The van der Waals surface area contributed by atoms with Gasteiger partial charge >= 0.3 is 12.2 Å². The van der Waals surface area contributed by atoms with E-state index in [4.69, 9.17) is 12.2 Å². The number of fused-ring (bicyclic) bond motifs is 1. The number of alkyl halides is 4. The van der Waals surface area contributed by atoms with E-state index in [-0.39, 0.29) is 0 Å². The quantitative estimate of drug-likeness (QED) is 0.569. The van der Waals surface area contributed by atoms with Gasteiger partial charge in [-0.05, 0) is 30.7 Å². The van der Waals surface area contributed by atoms with Crippen molar-refractivity contribution in [1.29, 1.82) is 0 Å². The molecule has 0 N–H and O–H groups in total. The first-order valence-electron chi connectivity index (χ1n) is 6.17. The van der Waals surface area contributed by atoms with Crippen molar-refractivity contribution < 1.29 is 27.0 Å². The minimum atomic E-state index is -4.74. The topological polar surface area (TPSA) is 23.4 Å². The van der Waals surface area contributed by atoms with Crippen LogP contribution in [0.2, 0.25) is 0 Å². The van der Waals surface area contributed by atoms with Gasteiger partial charge in [0.2, 0.25) is 0 Å². The summed E-state index contributed by atoms with van der Waals surface area (Å²) in [5.74, 6) is -0.935. The van der Waals surface area contributed by atoms with Crippen LogP contribution in [0.1, 0.15) is 5.56 Å². The molecule has 1 aromatic carbocycles. The SMILES string of the molecule is Cc1ccc(=S)n(-c2ccc3c(c2)OC(F)(F)C(F)(F)O3)c1. The molecule has 0 unspecified atom stereocenters. The van der Waals surface area contributed by atoms with Crippen molar-refractivity contribution in [1.82, 2.24) is 4.57 Å². The Balaban J connectivity index is 2.10. The van der Waals surface area contributed by atoms with Crippen molar-refractivity contribution in [2.75, 3.05) is 0 Å². The van der Waals surface area contributed by atoms with Gasteiger partial charge in [0.05, 0.1) is 5.69 Å². The molecule has 116 valence electrons. The fourth-order valence-electron chi connectivity index (χ4n) is 2.00. The van der Waals surface area contributed by atoms with Crippen LogP contribution in [-0.4, -0.2) is 16.8 Å². The molecule has 0 bridgehead atoms. The van der Waals surface area contributed by atoms with Crippen LogP contribution in [0.15, 0.2) is 36.5 Å². The molecule has 2 aromatic rings. The summed E-state index contributed by atoms with van der Waals surface area (Å²) in [6, 6.07) is 7.21. The van der Waals surface area contributed by atoms with Gasteiger partial charge in [0.25, 0.3) is 0 Å². The summed E-state index contributed by atoms with van der Waals surface area (Å²) in [6.45, 7) is 1.83. The average Bonchev–Trinajstić information content (AvgIpc) is 2.42. The summed E-state index contributed by atoms with van der Waals surface area (Å²) in [4.78, 5) is 0. The van der Waals surface area contributed by atoms with Gasteiger partial charge in [0, 0.05) is 12.3 Å². The Kier molecular flexibility index (Phi) is 3.17. The first-order valence-corrected chi connectivity index (χ1v) is 6.58. The summed E-state index contributed by atoms with van der Waals surface area (Å²) in [5, 5.41) is 0. The van der Waals surface area contributed by atoms with Crippen LogP contribution in [-0.2, 0) is 0 Å². The third kappa shape index (κ3) is 2.33. The normalized spacial score (nSPS) is 18.0. The molecule has 3 rings (SSSR count). The predicted molar refractivity (Wildman–Crippen MR) is 72.5 cm³/mol. The van der Waals surface area contributed by atoms with Gasteiger partial charge < -0.3 is 14.0 Å². The van der Waals surface area contributed by atoms with Gasteiger partial charge in [0.15, 0.2) is 11.5 Å². The van der Waals surface area contributed by atoms with E-state index in [0.29, 0.717) is 10.3 Å². The highest BCUT2D eigenvalue weighted by Gasteiger charge is 2.65. The molecule has 3 nitrogen and oxygen atoms in total. The Morgan fingerprint density at radius 1 is 0.955 bits per heavy atom. The average molecular weight is 331 g/mol. The van der Waals surface area contributed by atoms with E-state index in [1.165, 1.54) is 12.1 Å². The largest absolute Gasteiger partial charge is 0.507 e. The van der Waals surface area contributed by atoms with Crippen molar-refractivity contribution in [2.45, 2.75) is 19.1 Å². The van der Waals surface area contributed by atoms with Gasteiger partial charge in [-0.2, -0.15) is 17.6 Å². The van der Waals surface area contributed by atoms with Crippen LogP contribution in [0, 0.1) is 11.6 Å². The molecule has 2 heterocycles. The van der Waals surface area contributed by atoms with Crippen LogP contribution in [0.25, 0.3) is 5.69 Å². The summed E-state index contributed by atoms with van der Waals surface area (Å²) < 4.78 is 62.7. The smallest absolute Gasteiger partial charge is 0.421 e. The van der Waals surface area contributed by atoms with Crippen molar-refractivity contribution in [3.05, 3.63) is 46.7 Å². The van der Waals surface area contributed by atoms with Crippen LogP contribution in [0.3, 0.4) is 0 Å². The maximum atomic E-state index is 13.2. The Hall–Kier alpha value is -2.09. The van der Waals surface area contributed by atoms with Crippen molar-refractivity contribution >= 4 is 12.2 Å². The molecular weight excluding hydrogens is 322 g/mol. The molecule has 0 radical (unpaired) electrons. The highest BCUT2D eigenvalue weighted by Crippen LogP contribution is 2.47. The van der Waals surface area contributed by atoms with E-state index in [9.17, 15) is 17.6 Å². The maximum absolute atomic E-state index is 13.2. The lowest BCUT2D eigenvalue weighted by Gasteiger charge is -2.32. The number of nitrogens with zero attached hydrogens (tertiary/aromatic N) is 1. The zero-order chi connectivity index (χ0) is 16.1. The molecule has 8 heteroatoms. The van der Waals surface area contributed by atoms with Gasteiger partial charge in [-0.1, -0.05) is 18.3 Å². The molecule has 1 aromatic heterocycles. The second kappa shape index (κ2) is 4.70. The van der Waals surface area contributed by atoms with Crippen LogP contribution in [0.4, 0.5) is 17.6 Å². The Morgan fingerprint density at radius 2 is 1.59 bits per heavy atom. The first kappa shape index (κ1) is 14.8. The van der Waals surface area contributed by atoms with Crippen LogP contribution < -0.4 is 9.47 Å². The third-order valence-electron chi connectivity index (χ3n) is 3.08. The van der Waals surface area contributed by atoms with E-state index < -0.39 is 23.7 Å². The minimum Gasteiger partial charge on any atom is -0.421 e. The first-order chi connectivity index (χ1) is 10.2. The molecular formula is C14H9F4NO2S. The fraction of sp³-hybridized carbons (Fsp3) is 0.214. The number of ether oxygens (including phenoxy) is 2. The Morgan fingerprint density at radius 3 is 2.27 bits per heavy atom. The number of hydrogen-bond donors (Lipinski definition) is 0. The van der Waals surface area contributed by atoms with E-state index in [2.05, 4.69) is 9.47 Å². The standard InChI is InChI=1S/C14H9F4NO2S/c1-8-2-5-12(22)19(7-8)9-3-4-10-11(6-9)21-14(17,18)13(15,16)20-10/h2-7H,1H3. The zero-order valence-corrected chi connectivity index (χ0v) is 12.0. The second-order valence-electron chi connectivity index (χ2n) is 4.78. The van der Waals surface area contributed by atoms with E-state index in [0.717, 1.165) is 11.6 Å². The lowest BCUT2D eigenvalue weighted by molar-refractivity contribution is -0.391. The van der Waals surface area contributed by atoms with Crippen LogP contribution in [0.5, 0.6) is 11.5 Å². The molecule has 1 aliphatic heterocycles. The molecule has 0 aliphatic carbocycles. The van der Waals surface area contributed by atoms with Gasteiger partial charge in [0.1, 0.15) is 4.64 Å². The lowest BCUT2D eigenvalue weighted by atomic mass is 10.2. The van der Waals surface area contributed by atoms with E-state index in [1.807, 2.05) is 6.92 Å². The third-order valence-corrected chi connectivity index (χ3v) is 3.41. The van der Waals surface area contributed by atoms with Crippen LogP contribution >= 0.6 is 12.2 Å². The molecule has 0 saturated heterocycles. The van der Waals surface area contributed by atoms with E-state index in [1.54, 1.807) is 22.9 Å². The van der Waals surface area contributed by atoms with E-state index >= 15 is 0 Å². The molecule has 0 atom stereocenters. The molecule has 0 amide bonds. The monoisotopic (exact) mass is 331 g/mol. The van der Waals surface area contributed by atoms with Crippen molar-refractivity contribution in [3.63, 3.8) is 0 Å². The number of benzene rings is 1. The highest BCUT2D eigenvalue weighted by atomic mass is 32.1.